The third-order valence-corrected chi connectivity index (χ3v) is 5.96. The second-order valence-electron chi connectivity index (χ2n) is 6.16. The predicted molar refractivity (Wildman–Crippen MR) is 111 cm³/mol. The van der Waals surface area contributed by atoms with E-state index < -0.39 is 10.0 Å². The van der Waals surface area contributed by atoms with Crippen molar-refractivity contribution >= 4 is 27.9 Å². The van der Waals surface area contributed by atoms with Gasteiger partial charge in [-0.05, 0) is 48.4 Å². The molecular weight excluding hydrogens is 370 g/mol. The predicted octanol–water partition coefficient (Wildman–Crippen LogP) is 4.28. The Morgan fingerprint density at radius 3 is 2.36 bits per heavy atom. The lowest BCUT2D eigenvalue weighted by atomic mass is 10.1. The zero-order valence-electron chi connectivity index (χ0n) is 15.4. The summed E-state index contributed by atoms with van der Waals surface area (Å²) in [6.45, 7) is 1.61. The van der Waals surface area contributed by atoms with E-state index in [-0.39, 0.29) is 11.4 Å². The van der Waals surface area contributed by atoms with Crippen LogP contribution in [0.1, 0.15) is 16.7 Å². The first-order valence-electron chi connectivity index (χ1n) is 8.66. The second kappa shape index (κ2) is 8.51. The van der Waals surface area contributed by atoms with Crippen molar-refractivity contribution in [3.05, 3.63) is 89.7 Å². The minimum atomic E-state index is -3.87. The number of hydrogen-bond acceptors (Lipinski definition) is 4. The van der Waals surface area contributed by atoms with Gasteiger partial charge in [0.15, 0.2) is 0 Å². The molecule has 6 heteroatoms. The number of pyridine rings is 1. The number of nitriles is 1. The van der Waals surface area contributed by atoms with Gasteiger partial charge < -0.3 is 0 Å². The van der Waals surface area contributed by atoms with Crippen LogP contribution in [0, 0.1) is 18.3 Å². The van der Waals surface area contributed by atoms with Gasteiger partial charge in [-0.25, -0.2) is 8.42 Å². The molecule has 3 aromatic rings. The first-order chi connectivity index (χ1) is 13.5. The maximum Gasteiger partial charge on any atom is 0.265 e. The topological polar surface area (TPSA) is 74.1 Å². The Morgan fingerprint density at radius 2 is 1.68 bits per heavy atom. The summed E-state index contributed by atoms with van der Waals surface area (Å²) < 4.78 is 27.5. The molecule has 1 heterocycles. The summed E-state index contributed by atoms with van der Waals surface area (Å²) in [7, 11) is -3.87. The SMILES string of the molecule is Cc1ccc(S(=O)(=O)N(CC#N)c2ccccc2/C=C/c2ccncc2)cc1. The monoisotopic (exact) mass is 389 g/mol. The standard InChI is InChI=1S/C22H19N3O2S/c1-18-6-10-21(11-7-18)28(26,27)25(17-14-23)22-5-3-2-4-20(22)9-8-19-12-15-24-16-13-19/h2-13,15-16H,17H2,1H3/b9-8+. The van der Waals surface area contributed by atoms with Crippen molar-refractivity contribution in [2.45, 2.75) is 11.8 Å². The Morgan fingerprint density at radius 1 is 1.00 bits per heavy atom. The van der Waals surface area contributed by atoms with E-state index in [1.165, 1.54) is 0 Å². The van der Waals surface area contributed by atoms with Crippen molar-refractivity contribution in [3.8, 4) is 6.07 Å². The number of nitrogens with zero attached hydrogens (tertiary/aromatic N) is 3. The average molecular weight is 389 g/mol. The maximum absolute atomic E-state index is 13.2. The van der Waals surface area contributed by atoms with Gasteiger partial charge in [-0.1, -0.05) is 48.0 Å². The minimum absolute atomic E-state index is 0.154. The maximum atomic E-state index is 13.2. The van der Waals surface area contributed by atoms with Crippen LogP contribution < -0.4 is 4.31 Å². The minimum Gasteiger partial charge on any atom is -0.265 e. The Labute approximate surface area is 165 Å². The lowest BCUT2D eigenvalue weighted by Gasteiger charge is -2.23. The van der Waals surface area contributed by atoms with Gasteiger partial charge in [0, 0.05) is 12.4 Å². The van der Waals surface area contributed by atoms with E-state index in [1.54, 1.807) is 48.8 Å². The molecule has 0 amide bonds. The molecule has 28 heavy (non-hydrogen) atoms. The molecule has 3 rings (SSSR count). The number of sulfonamides is 1. The number of anilines is 1. The van der Waals surface area contributed by atoms with E-state index >= 15 is 0 Å². The summed E-state index contributed by atoms with van der Waals surface area (Å²) in [5, 5.41) is 9.27. The van der Waals surface area contributed by atoms with Crippen LogP contribution in [0.25, 0.3) is 12.2 Å². The molecule has 0 fully saturated rings. The average Bonchev–Trinajstić information content (AvgIpc) is 2.72. The molecule has 0 N–H and O–H groups in total. The highest BCUT2D eigenvalue weighted by Crippen LogP contribution is 2.28. The molecule has 0 saturated heterocycles. The van der Waals surface area contributed by atoms with E-state index in [9.17, 15) is 13.7 Å². The van der Waals surface area contributed by atoms with E-state index in [0.29, 0.717) is 11.3 Å². The van der Waals surface area contributed by atoms with Crippen molar-refractivity contribution < 1.29 is 8.42 Å². The molecule has 5 nitrogen and oxygen atoms in total. The summed E-state index contributed by atoms with van der Waals surface area (Å²) >= 11 is 0. The number of aromatic nitrogens is 1. The molecule has 0 radical (unpaired) electrons. The van der Waals surface area contributed by atoms with E-state index in [4.69, 9.17) is 0 Å². The van der Waals surface area contributed by atoms with Crippen molar-refractivity contribution in [3.63, 3.8) is 0 Å². The Kier molecular flexibility index (Phi) is 5.87. The summed E-state index contributed by atoms with van der Waals surface area (Å²) in [6.07, 6.45) is 7.09. The van der Waals surface area contributed by atoms with Crippen LogP contribution in [0.3, 0.4) is 0 Å². The van der Waals surface area contributed by atoms with Gasteiger partial charge in [0.25, 0.3) is 10.0 Å². The fourth-order valence-electron chi connectivity index (χ4n) is 2.72. The Balaban J connectivity index is 2.05. The van der Waals surface area contributed by atoms with Crippen LogP contribution in [0.5, 0.6) is 0 Å². The molecule has 0 atom stereocenters. The first-order valence-corrected chi connectivity index (χ1v) is 10.1. The van der Waals surface area contributed by atoms with Crippen molar-refractivity contribution in [1.82, 2.24) is 4.98 Å². The number of rotatable bonds is 6. The molecule has 0 unspecified atom stereocenters. The zero-order valence-corrected chi connectivity index (χ0v) is 16.2. The largest absolute Gasteiger partial charge is 0.265 e. The third-order valence-electron chi connectivity index (χ3n) is 4.19. The van der Waals surface area contributed by atoms with Crippen LogP contribution in [-0.4, -0.2) is 19.9 Å². The first kappa shape index (κ1) is 19.3. The van der Waals surface area contributed by atoms with Gasteiger partial charge in [-0.15, -0.1) is 0 Å². The normalized spacial score (nSPS) is 11.3. The zero-order chi connectivity index (χ0) is 20.0. The fourth-order valence-corrected chi connectivity index (χ4v) is 4.10. The third kappa shape index (κ3) is 4.27. The molecule has 0 spiro atoms. The molecule has 0 saturated carbocycles. The van der Waals surface area contributed by atoms with Gasteiger partial charge in [0.2, 0.25) is 0 Å². The van der Waals surface area contributed by atoms with Crippen molar-refractivity contribution in [2.24, 2.45) is 0 Å². The molecule has 0 bridgehead atoms. The molecular formula is C22H19N3O2S. The van der Waals surface area contributed by atoms with E-state index in [0.717, 1.165) is 15.4 Å². The molecule has 0 aliphatic rings. The van der Waals surface area contributed by atoms with Crippen molar-refractivity contribution in [1.29, 1.82) is 5.26 Å². The Hall–Kier alpha value is -3.43. The molecule has 2 aromatic carbocycles. The molecule has 1 aromatic heterocycles. The smallest absolute Gasteiger partial charge is 0.265 e. The van der Waals surface area contributed by atoms with Gasteiger partial charge >= 0.3 is 0 Å². The molecule has 140 valence electrons. The van der Waals surface area contributed by atoms with Crippen LogP contribution >= 0.6 is 0 Å². The van der Waals surface area contributed by atoms with Gasteiger partial charge in [-0.3, -0.25) is 9.29 Å². The van der Waals surface area contributed by atoms with Crippen LogP contribution in [0.4, 0.5) is 5.69 Å². The van der Waals surface area contributed by atoms with Crippen molar-refractivity contribution in [2.75, 3.05) is 10.8 Å². The Bertz CT molecular complexity index is 1120. The van der Waals surface area contributed by atoms with Crippen LogP contribution in [0.15, 0.2) is 78.0 Å². The number of benzene rings is 2. The van der Waals surface area contributed by atoms with Crippen LogP contribution in [0.2, 0.25) is 0 Å². The highest BCUT2D eigenvalue weighted by atomic mass is 32.2. The second-order valence-corrected chi connectivity index (χ2v) is 8.02. The highest BCUT2D eigenvalue weighted by molar-refractivity contribution is 7.92. The fraction of sp³-hybridized carbons (Fsp3) is 0.0909. The summed E-state index contributed by atoms with van der Waals surface area (Å²) in [4.78, 5) is 4.14. The number of hydrogen-bond donors (Lipinski definition) is 0. The van der Waals surface area contributed by atoms with E-state index in [1.807, 2.05) is 49.4 Å². The summed E-state index contributed by atoms with van der Waals surface area (Å²) in [5.74, 6) is 0. The van der Waals surface area contributed by atoms with E-state index in [2.05, 4.69) is 4.98 Å². The molecule has 0 aliphatic carbocycles. The molecule has 0 aliphatic heterocycles. The number of para-hydroxylation sites is 1. The summed E-state index contributed by atoms with van der Waals surface area (Å²) in [6, 6.07) is 19.4. The quantitative estimate of drug-likeness (QED) is 0.590. The van der Waals surface area contributed by atoms with Gasteiger partial charge in [0.05, 0.1) is 16.7 Å². The lowest BCUT2D eigenvalue weighted by molar-refractivity contribution is 0.593. The van der Waals surface area contributed by atoms with Gasteiger partial charge in [0.1, 0.15) is 6.54 Å². The van der Waals surface area contributed by atoms with Gasteiger partial charge in [-0.2, -0.15) is 5.26 Å². The van der Waals surface area contributed by atoms with Crippen LogP contribution in [-0.2, 0) is 10.0 Å². The highest BCUT2D eigenvalue weighted by Gasteiger charge is 2.26. The number of aryl methyl sites for hydroxylation is 1. The lowest BCUT2D eigenvalue weighted by Crippen LogP contribution is -2.32. The summed E-state index contributed by atoms with van der Waals surface area (Å²) in [5.41, 5.74) is 3.06.